The van der Waals surface area contributed by atoms with Gasteiger partial charge in [-0.3, -0.25) is 0 Å². The molecule has 0 aliphatic heterocycles. The summed E-state index contributed by atoms with van der Waals surface area (Å²) in [7, 11) is 0. The second kappa shape index (κ2) is 4.35. The van der Waals surface area contributed by atoms with Crippen LogP contribution in [-0.4, -0.2) is 2.70 Å². The Hall–Kier alpha value is 2.18. The van der Waals surface area contributed by atoms with Crippen molar-refractivity contribution in [3.05, 3.63) is 0 Å². The maximum absolute atomic E-state index is 11.5. The summed E-state index contributed by atoms with van der Waals surface area (Å²) < 4.78 is 10.9. The average Bonchev–Trinajstić information content (AvgIpc) is 1.38. The molecule has 0 spiro atoms. The SMILES string of the molecule is FB(I)[I-]I. The first-order valence-electron chi connectivity index (χ1n) is 0.798. The number of halogens is 4. The van der Waals surface area contributed by atoms with Crippen LogP contribution in [-0.2, 0) is 0 Å². The van der Waals surface area contributed by atoms with Gasteiger partial charge in [0.25, 0.3) is 0 Å². The molecule has 0 N–H and O–H groups in total. The fourth-order valence-corrected chi connectivity index (χ4v) is 0. The molecule has 5 heteroatoms. The predicted octanol–water partition coefficient (Wildman–Crippen LogP) is -1.19. The van der Waals surface area contributed by atoms with Gasteiger partial charge in [0, 0.05) is 0 Å². The van der Waals surface area contributed by atoms with Crippen LogP contribution in [0.3, 0.4) is 0 Å². The fourth-order valence-electron chi connectivity index (χ4n) is 0. The maximum atomic E-state index is 11.5. The van der Waals surface area contributed by atoms with Crippen LogP contribution < -0.4 is 17.0 Å². The summed E-state index contributed by atoms with van der Waals surface area (Å²) in [6.07, 6.45) is 0. The van der Waals surface area contributed by atoms with Crippen molar-refractivity contribution in [1.82, 2.24) is 0 Å². The van der Waals surface area contributed by atoms with Gasteiger partial charge in [-0.25, -0.2) is 0 Å². The van der Waals surface area contributed by atoms with Gasteiger partial charge < -0.3 is 0 Å². The summed E-state index contributed by atoms with van der Waals surface area (Å²) in [6.45, 7) is 0. The Kier molecular flexibility index (Phi) is 6.25. The molecule has 0 aromatic heterocycles. The van der Waals surface area contributed by atoms with E-state index in [9.17, 15) is 4.32 Å². The van der Waals surface area contributed by atoms with Crippen molar-refractivity contribution >= 4 is 43.7 Å². The Morgan fingerprint density at radius 3 is 2.00 bits per heavy atom. The molecule has 0 saturated heterocycles. The molecule has 32 valence electrons. The van der Waals surface area contributed by atoms with Crippen molar-refractivity contribution in [2.75, 3.05) is 0 Å². The third-order valence-electron chi connectivity index (χ3n) is 0.0623. The van der Waals surface area contributed by atoms with Gasteiger partial charge in [0.2, 0.25) is 0 Å². The molecule has 0 aromatic carbocycles. The number of rotatable bonds is 1. The predicted molar refractivity (Wildman–Crippen MR) is 34.9 cm³/mol. The van der Waals surface area contributed by atoms with Crippen molar-refractivity contribution in [2.45, 2.75) is 0 Å². The van der Waals surface area contributed by atoms with E-state index < -0.39 is 2.70 Å². The third-order valence-corrected chi connectivity index (χ3v) is 10.8. The Morgan fingerprint density at radius 2 is 2.00 bits per heavy atom. The molecule has 0 aromatic rings. The van der Waals surface area contributed by atoms with Crippen molar-refractivity contribution in [1.29, 1.82) is 0 Å². The Morgan fingerprint density at radius 1 is 1.80 bits per heavy atom. The molecule has 0 radical (unpaired) electrons. The first-order chi connectivity index (χ1) is 2.27. The standard InChI is InChI=1S/BFI3/c2-1(3)5-4/q-1. The van der Waals surface area contributed by atoms with Crippen LogP contribution >= 0.6 is 41.0 Å². The van der Waals surface area contributed by atoms with Gasteiger partial charge in [0.15, 0.2) is 0 Å². The van der Waals surface area contributed by atoms with E-state index in [1.54, 1.807) is 22.4 Å². The van der Waals surface area contributed by atoms with Gasteiger partial charge >= 0.3 is 65.0 Å². The topological polar surface area (TPSA) is 0 Å². The molecule has 0 saturated carbocycles. The summed E-state index contributed by atoms with van der Waals surface area (Å²) >= 11 is 3.72. The molecule has 0 fully saturated rings. The molecule has 0 amide bonds. The van der Waals surface area contributed by atoms with Gasteiger partial charge in [-0.2, -0.15) is 0 Å². The van der Waals surface area contributed by atoms with Crippen LogP contribution in [0.2, 0.25) is 0 Å². The fraction of sp³-hybridized carbons (Fsp3) is 0. The van der Waals surface area contributed by atoms with Crippen molar-refractivity contribution in [3.63, 3.8) is 0 Å². The van der Waals surface area contributed by atoms with Crippen LogP contribution in [0.1, 0.15) is 0 Å². The van der Waals surface area contributed by atoms with Gasteiger partial charge in [0.05, 0.1) is 0 Å². The molecule has 5 heavy (non-hydrogen) atoms. The normalized spacial score (nSPS) is 8.60. The van der Waals surface area contributed by atoms with Crippen molar-refractivity contribution in [2.24, 2.45) is 0 Å². The molecule has 0 heterocycles. The quantitative estimate of drug-likeness (QED) is 0.377. The molecule has 0 nitrogen and oxygen atoms in total. The molecular formula is BFI3-. The van der Waals surface area contributed by atoms with Gasteiger partial charge in [-0.1, -0.05) is 0 Å². The molecule has 0 unspecified atom stereocenters. The molecule has 0 aliphatic rings. The van der Waals surface area contributed by atoms with E-state index in [0.29, 0.717) is 0 Å². The van der Waals surface area contributed by atoms with E-state index >= 15 is 0 Å². The average molecular weight is 411 g/mol. The van der Waals surface area contributed by atoms with E-state index in [4.69, 9.17) is 0 Å². The zero-order valence-corrected chi connectivity index (χ0v) is 8.56. The number of hydrogen-bond donors (Lipinski definition) is 0. The first kappa shape index (κ1) is 7.18. The summed E-state index contributed by atoms with van der Waals surface area (Å²) in [4.78, 5) is 0. The Balaban J connectivity index is 2.54. The van der Waals surface area contributed by atoms with E-state index in [0.717, 1.165) is 0 Å². The van der Waals surface area contributed by atoms with E-state index in [1.165, 1.54) is 0 Å². The van der Waals surface area contributed by atoms with Crippen LogP contribution in [0.15, 0.2) is 0 Å². The van der Waals surface area contributed by atoms with E-state index in [2.05, 4.69) is 18.6 Å². The minimum absolute atomic E-state index is 0.162. The van der Waals surface area contributed by atoms with E-state index in [-0.39, 0.29) is 17.0 Å². The summed E-state index contributed by atoms with van der Waals surface area (Å²) in [5, 5.41) is 0. The van der Waals surface area contributed by atoms with Crippen LogP contribution in [0.25, 0.3) is 0 Å². The van der Waals surface area contributed by atoms with Gasteiger partial charge in [0.1, 0.15) is 0 Å². The number of hydrogen-bond acceptors (Lipinski definition) is 0. The summed E-state index contributed by atoms with van der Waals surface area (Å²) in [5.41, 5.74) is 0. The van der Waals surface area contributed by atoms with Crippen LogP contribution in [0.5, 0.6) is 0 Å². The first-order valence-corrected chi connectivity index (χ1v) is 9.57. The minimum atomic E-state index is -0.549. The molecule has 0 atom stereocenters. The van der Waals surface area contributed by atoms with E-state index in [1.807, 2.05) is 0 Å². The van der Waals surface area contributed by atoms with Crippen molar-refractivity contribution < 1.29 is 21.3 Å². The zero-order chi connectivity index (χ0) is 4.28. The second-order valence-corrected chi connectivity index (χ2v) is 8.53. The van der Waals surface area contributed by atoms with Gasteiger partial charge in [-0.15, -0.1) is 0 Å². The molecule has 0 rings (SSSR count). The molecule has 0 aliphatic carbocycles. The van der Waals surface area contributed by atoms with Gasteiger partial charge in [-0.05, 0) is 0 Å². The third kappa shape index (κ3) is 6.18. The molecular weight excluding hydrogens is 411 g/mol. The monoisotopic (exact) mass is 411 g/mol. The van der Waals surface area contributed by atoms with Crippen LogP contribution in [0.4, 0.5) is 4.32 Å². The summed E-state index contributed by atoms with van der Waals surface area (Å²) in [6, 6.07) is 0. The zero-order valence-electron chi connectivity index (χ0n) is 2.09. The Bertz CT molecular complexity index is 20.9. The van der Waals surface area contributed by atoms with Crippen LogP contribution in [0, 0.1) is 0 Å². The summed E-state index contributed by atoms with van der Waals surface area (Å²) in [5.74, 6) is 0. The van der Waals surface area contributed by atoms with Crippen molar-refractivity contribution in [3.8, 4) is 0 Å². The Labute approximate surface area is 63.8 Å². The second-order valence-electron chi connectivity index (χ2n) is 0.330. The molecule has 0 bridgehead atoms.